The van der Waals surface area contributed by atoms with Gasteiger partial charge in [0.25, 0.3) is 0 Å². The Kier molecular flexibility index (Phi) is 7.37. The van der Waals surface area contributed by atoms with Gasteiger partial charge < -0.3 is 18.9 Å². The summed E-state index contributed by atoms with van der Waals surface area (Å²) in [7, 11) is -1.18. The smallest absolute Gasteiger partial charge is 0.410 e. The molecular formula is C27H35N7O3Si. The second-order valence-electron chi connectivity index (χ2n) is 12.1. The number of nitrogens with zero attached hydrogens (tertiary/aromatic N) is 7. The van der Waals surface area contributed by atoms with Crippen LogP contribution in [-0.2, 0) is 21.7 Å². The van der Waals surface area contributed by atoms with Gasteiger partial charge in [0.2, 0.25) is 0 Å². The molecule has 1 amide bonds. The minimum atomic E-state index is -1.18. The van der Waals surface area contributed by atoms with Crippen molar-refractivity contribution in [1.29, 1.82) is 10.5 Å². The lowest BCUT2D eigenvalue weighted by Gasteiger charge is -2.48. The van der Waals surface area contributed by atoms with E-state index >= 15 is 0 Å². The molecule has 0 atom stereocenters. The highest BCUT2D eigenvalue weighted by atomic mass is 28.3. The fraction of sp³-hybridized carbons (Fsp3) is 0.519. The van der Waals surface area contributed by atoms with E-state index in [0.717, 1.165) is 28.2 Å². The number of ether oxygens (including phenoxy) is 2. The topological polar surface area (TPSA) is 122 Å². The first-order valence-corrected chi connectivity index (χ1v) is 16.4. The Morgan fingerprint density at radius 3 is 2.58 bits per heavy atom. The SMILES string of the molecule is CC(C)(C)OC(=O)N1CC(CC#N)(n2cc(-c3c(C#N)cnc4c3ccn4COCC[Si](C)(C)C)cn2)C1. The molecule has 1 aliphatic heterocycles. The second-order valence-corrected chi connectivity index (χ2v) is 17.7. The number of pyridine rings is 1. The zero-order valence-corrected chi connectivity index (χ0v) is 24.0. The van der Waals surface area contributed by atoms with Crippen LogP contribution in [0.25, 0.3) is 22.2 Å². The van der Waals surface area contributed by atoms with Crippen LogP contribution in [0.3, 0.4) is 0 Å². The molecule has 3 aromatic rings. The van der Waals surface area contributed by atoms with Gasteiger partial charge in [0.15, 0.2) is 0 Å². The third-order valence-corrected chi connectivity index (χ3v) is 8.23. The van der Waals surface area contributed by atoms with Crippen LogP contribution in [0, 0.1) is 22.7 Å². The summed E-state index contributed by atoms with van der Waals surface area (Å²) in [6, 6.07) is 7.51. The van der Waals surface area contributed by atoms with Crippen LogP contribution in [0.2, 0.25) is 25.7 Å². The maximum Gasteiger partial charge on any atom is 0.410 e. The fourth-order valence-electron chi connectivity index (χ4n) is 4.50. The predicted octanol–water partition coefficient (Wildman–Crippen LogP) is 4.94. The largest absolute Gasteiger partial charge is 0.444 e. The Labute approximate surface area is 224 Å². The molecule has 10 nitrogen and oxygen atoms in total. The lowest BCUT2D eigenvalue weighted by Crippen LogP contribution is -2.64. The van der Waals surface area contributed by atoms with Crippen LogP contribution < -0.4 is 0 Å². The zero-order chi connectivity index (χ0) is 27.7. The van der Waals surface area contributed by atoms with Crippen molar-refractivity contribution < 1.29 is 14.3 Å². The molecule has 0 aliphatic carbocycles. The van der Waals surface area contributed by atoms with Crippen molar-refractivity contribution in [2.24, 2.45) is 0 Å². The van der Waals surface area contributed by atoms with E-state index in [-0.39, 0.29) is 6.42 Å². The highest BCUT2D eigenvalue weighted by Crippen LogP contribution is 2.36. The Morgan fingerprint density at radius 1 is 1.21 bits per heavy atom. The number of amides is 1. The van der Waals surface area contributed by atoms with Crippen LogP contribution in [-0.4, -0.2) is 63.7 Å². The zero-order valence-electron chi connectivity index (χ0n) is 23.0. The number of nitriles is 2. The number of hydrogen-bond acceptors (Lipinski definition) is 7. The first-order chi connectivity index (χ1) is 17.9. The second kappa shape index (κ2) is 10.2. The first kappa shape index (κ1) is 27.4. The predicted molar refractivity (Wildman–Crippen MR) is 146 cm³/mol. The van der Waals surface area contributed by atoms with Gasteiger partial charge in [-0.15, -0.1) is 0 Å². The first-order valence-electron chi connectivity index (χ1n) is 12.7. The van der Waals surface area contributed by atoms with Crippen molar-refractivity contribution in [1.82, 2.24) is 24.2 Å². The molecule has 4 heterocycles. The van der Waals surface area contributed by atoms with Crippen molar-refractivity contribution in [3.05, 3.63) is 36.4 Å². The number of carbonyl (C=O) groups is 1. The van der Waals surface area contributed by atoms with Gasteiger partial charge in [0.1, 0.15) is 29.6 Å². The molecule has 0 unspecified atom stereocenters. The highest BCUT2D eigenvalue weighted by molar-refractivity contribution is 6.76. The van der Waals surface area contributed by atoms with Gasteiger partial charge in [0.05, 0.1) is 37.3 Å². The molecule has 200 valence electrons. The van der Waals surface area contributed by atoms with Crippen LogP contribution >= 0.6 is 0 Å². The molecule has 1 saturated heterocycles. The summed E-state index contributed by atoms with van der Waals surface area (Å²) in [6.07, 6.45) is 6.83. The maximum atomic E-state index is 12.5. The summed E-state index contributed by atoms with van der Waals surface area (Å²) >= 11 is 0. The fourth-order valence-corrected chi connectivity index (χ4v) is 5.25. The molecule has 0 bridgehead atoms. The van der Waals surface area contributed by atoms with Crippen LogP contribution in [0.5, 0.6) is 0 Å². The summed E-state index contributed by atoms with van der Waals surface area (Å²) in [6.45, 7) is 14.1. The van der Waals surface area contributed by atoms with E-state index in [1.807, 2.05) is 43.8 Å². The van der Waals surface area contributed by atoms with Crippen molar-refractivity contribution in [2.45, 2.75) is 70.7 Å². The minimum Gasteiger partial charge on any atom is -0.444 e. The third kappa shape index (κ3) is 5.74. The van der Waals surface area contributed by atoms with Crippen molar-refractivity contribution in [2.75, 3.05) is 19.7 Å². The third-order valence-electron chi connectivity index (χ3n) is 6.52. The van der Waals surface area contributed by atoms with E-state index in [1.54, 1.807) is 22.0 Å². The molecule has 3 aromatic heterocycles. The summed E-state index contributed by atoms with van der Waals surface area (Å²) in [5.74, 6) is 0. The summed E-state index contributed by atoms with van der Waals surface area (Å²) in [5.41, 5.74) is 1.40. The van der Waals surface area contributed by atoms with E-state index in [0.29, 0.717) is 32.0 Å². The Hall–Kier alpha value is -3.67. The molecule has 0 radical (unpaired) electrons. The van der Waals surface area contributed by atoms with E-state index in [4.69, 9.17) is 9.47 Å². The average molecular weight is 534 g/mol. The van der Waals surface area contributed by atoms with Gasteiger partial charge in [-0.1, -0.05) is 19.6 Å². The normalized spacial score (nSPS) is 15.1. The van der Waals surface area contributed by atoms with Crippen LogP contribution in [0.1, 0.15) is 32.8 Å². The maximum absolute atomic E-state index is 12.5. The molecule has 0 aromatic carbocycles. The molecule has 11 heteroatoms. The van der Waals surface area contributed by atoms with E-state index < -0.39 is 25.3 Å². The number of rotatable bonds is 8. The van der Waals surface area contributed by atoms with Gasteiger partial charge in [-0.2, -0.15) is 15.6 Å². The lowest BCUT2D eigenvalue weighted by atomic mass is 9.87. The van der Waals surface area contributed by atoms with Crippen LogP contribution in [0.15, 0.2) is 30.9 Å². The molecule has 0 saturated carbocycles. The summed E-state index contributed by atoms with van der Waals surface area (Å²) in [5, 5.41) is 24.8. The number of likely N-dealkylation sites (tertiary alicyclic amines) is 1. The number of hydrogen-bond donors (Lipinski definition) is 0. The van der Waals surface area contributed by atoms with Crippen molar-refractivity contribution in [3.8, 4) is 23.3 Å². The molecule has 38 heavy (non-hydrogen) atoms. The highest BCUT2D eigenvalue weighted by Gasteiger charge is 2.48. The van der Waals surface area contributed by atoms with Gasteiger partial charge in [-0.3, -0.25) is 4.68 Å². The van der Waals surface area contributed by atoms with Crippen molar-refractivity contribution in [3.63, 3.8) is 0 Å². The Balaban J connectivity index is 1.59. The Morgan fingerprint density at radius 2 is 1.95 bits per heavy atom. The Bertz CT molecular complexity index is 1410. The lowest BCUT2D eigenvalue weighted by molar-refractivity contribution is -0.0314. The monoisotopic (exact) mass is 533 g/mol. The standard InChI is InChI=1S/C27H35N7O3Si/c1-26(2,3)37-25(35)33-17-27(18-33,8-9-28)34-16-21(15-31-34)23-20(13-29)14-30-24-22(23)7-10-32(24)19-36-11-12-38(4,5)6/h7,10,14-16H,8,11-12,17-19H2,1-6H3. The van der Waals surface area contributed by atoms with Gasteiger partial charge in [-0.25, -0.2) is 9.78 Å². The molecule has 4 rings (SSSR count). The quantitative estimate of drug-likeness (QED) is 0.297. The average Bonchev–Trinajstić information content (AvgIpc) is 3.44. The minimum absolute atomic E-state index is 0.190. The van der Waals surface area contributed by atoms with Gasteiger partial charge in [0, 0.05) is 49.8 Å². The molecule has 0 spiro atoms. The van der Waals surface area contributed by atoms with E-state index in [2.05, 4.69) is 41.9 Å². The van der Waals surface area contributed by atoms with Gasteiger partial charge in [-0.05, 0) is 32.9 Å². The molecular weight excluding hydrogens is 498 g/mol. The number of fused-ring (bicyclic) bond motifs is 1. The number of aromatic nitrogens is 4. The van der Waals surface area contributed by atoms with E-state index in [9.17, 15) is 15.3 Å². The molecule has 0 N–H and O–H groups in total. The molecule has 1 fully saturated rings. The van der Waals surface area contributed by atoms with Crippen LogP contribution in [0.4, 0.5) is 4.79 Å². The van der Waals surface area contributed by atoms with Crippen molar-refractivity contribution >= 4 is 25.2 Å². The van der Waals surface area contributed by atoms with Gasteiger partial charge >= 0.3 is 6.09 Å². The summed E-state index contributed by atoms with van der Waals surface area (Å²) < 4.78 is 15.1. The summed E-state index contributed by atoms with van der Waals surface area (Å²) in [4.78, 5) is 18.6. The van der Waals surface area contributed by atoms with E-state index in [1.165, 1.54) is 0 Å². The number of carbonyl (C=O) groups excluding carboxylic acids is 1. The molecule has 1 aliphatic rings.